The molecule has 1 N–H and O–H groups in total. The van der Waals surface area contributed by atoms with Gasteiger partial charge in [-0.1, -0.05) is 11.6 Å². The monoisotopic (exact) mass is 388 g/mol. The van der Waals surface area contributed by atoms with Gasteiger partial charge in [-0.2, -0.15) is 5.10 Å². The predicted molar refractivity (Wildman–Crippen MR) is 97.1 cm³/mol. The topological polar surface area (TPSA) is 125 Å². The maximum absolute atomic E-state index is 12.6. The van der Waals surface area contributed by atoms with Crippen LogP contribution in [-0.2, 0) is 4.79 Å². The molecule has 0 radical (unpaired) electrons. The molecule has 3 rings (SSSR count). The van der Waals surface area contributed by atoms with E-state index in [0.29, 0.717) is 5.82 Å². The van der Waals surface area contributed by atoms with Crippen LogP contribution in [0.25, 0.3) is 5.82 Å². The molecule has 0 fully saturated rings. The summed E-state index contributed by atoms with van der Waals surface area (Å²) in [5.74, 6) is -0.319. The number of aromatic nitrogens is 4. The number of nitro benzene ring substituents is 1. The molecule has 0 aliphatic carbocycles. The Morgan fingerprint density at radius 2 is 2.11 bits per heavy atom. The zero-order valence-electron chi connectivity index (χ0n) is 13.9. The van der Waals surface area contributed by atoms with Gasteiger partial charge < -0.3 is 5.32 Å². The zero-order chi connectivity index (χ0) is 19.6. The first kappa shape index (κ1) is 18.3. The minimum absolute atomic E-state index is 0.0689. The molecule has 1 atom stereocenters. The molecule has 1 amide bonds. The van der Waals surface area contributed by atoms with Crippen molar-refractivity contribution in [3.05, 3.63) is 74.3 Å². The summed E-state index contributed by atoms with van der Waals surface area (Å²) in [6.45, 7) is 1.45. The molecule has 0 aliphatic rings. The van der Waals surface area contributed by atoms with E-state index in [-0.39, 0.29) is 16.4 Å². The van der Waals surface area contributed by atoms with E-state index in [0.717, 1.165) is 4.68 Å². The minimum atomic E-state index is -1.04. The second-order valence-corrected chi connectivity index (χ2v) is 5.95. The molecule has 0 saturated carbocycles. The molecule has 0 bridgehead atoms. The average Bonchev–Trinajstić information content (AvgIpc) is 3.16. The molecule has 2 aromatic heterocycles. The summed E-state index contributed by atoms with van der Waals surface area (Å²) in [5, 5.41) is 21.9. The van der Waals surface area contributed by atoms with Gasteiger partial charge in [0.2, 0.25) is 5.91 Å². The third kappa shape index (κ3) is 3.85. The van der Waals surface area contributed by atoms with E-state index in [4.69, 9.17) is 11.6 Å². The molecule has 2 heterocycles. The van der Waals surface area contributed by atoms with Gasteiger partial charge >= 0.3 is 0 Å². The Morgan fingerprint density at radius 1 is 1.33 bits per heavy atom. The Balaban J connectivity index is 1.91. The molecule has 0 spiro atoms. The van der Waals surface area contributed by atoms with Crippen molar-refractivity contribution in [1.82, 2.24) is 19.6 Å². The van der Waals surface area contributed by atoms with Crippen molar-refractivity contribution in [2.75, 3.05) is 5.32 Å². The molecule has 27 heavy (non-hydrogen) atoms. The number of benzene rings is 1. The van der Waals surface area contributed by atoms with Crippen LogP contribution < -0.4 is 10.9 Å². The highest BCUT2D eigenvalue weighted by atomic mass is 35.5. The first-order chi connectivity index (χ1) is 12.9. The van der Waals surface area contributed by atoms with Crippen molar-refractivity contribution in [3.8, 4) is 5.82 Å². The van der Waals surface area contributed by atoms with Crippen LogP contribution in [0.3, 0.4) is 0 Å². The van der Waals surface area contributed by atoms with Crippen molar-refractivity contribution in [3.63, 3.8) is 0 Å². The molecule has 11 heteroatoms. The number of hydrogen-bond donors (Lipinski definition) is 1. The van der Waals surface area contributed by atoms with Gasteiger partial charge in [0.1, 0.15) is 11.7 Å². The van der Waals surface area contributed by atoms with Gasteiger partial charge in [0, 0.05) is 29.5 Å². The lowest BCUT2D eigenvalue weighted by Crippen LogP contribution is -2.33. The number of carbonyl (C=O) groups is 1. The summed E-state index contributed by atoms with van der Waals surface area (Å²) < 4.78 is 2.41. The number of nitrogens with zero attached hydrogens (tertiary/aromatic N) is 5. The number of anilines is 1. The largest absolute Gasteiger partial charge is 0.318 e. The Morgan fingerprint density at radius 3 is 2.78 bits per heavy atom. The van der Waals surface area contributed by atoms with E-state index < -0.39 is 22.4 Å². The van der Waals surface area contributed by atoms with E-state index in [9.17, 15) is 19.7 Å². The van der Waals surface area contributed by atoms with E-state index in [2.05, 4.69) is 15.5 Å². The van der Waals surface area contributed by atoms with Gasteiger partial charge in [0.05, 0.1) is 4.92 Å². The zero-order valence-corrected chi connectivity index (χ0v) is 14.7. The van der Waals surface area contributed by atoms with E-state index in [1.807, 2.05) is 0 Å². The summed E-state index contributed by atoms with van der Waals surface area (Å²) in [6, 6.07) is 7.18. The van der Waals surface area contributed by atoms with Crippen molar-refractivity contribution in [2.24, 2.45) is 0 Å². The second kappa shape index (κ2) is 7.38. The summed E-state index contributed by atoms with van der Waals surface area (Å²) in [5.41, 5.74) is -0.889. The highest BCUT2D eigenvalue weighted by Crippen LogP contribution is 2.28. The number of nitro groups is 1. The van der Waals surface area contributed by atoms with Crippen LogP contribution in [0.1, 0.15) is 13.0 Å². The van der Waals surface area contributed by atoms with Crippen LogP contribution in [0.15, 0.2) is 53.6 Å². The van der Waals surface area contributed by atoms with Crippen molar-refractivity contribution in [2.45, 2.75) is 13.0 Å². The van der Waals surface area contributed by atoms with E-state index >= 15 is 0 Å². The SMILES string of the molecule is CC(C(=O)Nc1cc(Cl)ccc1[N+](=O)[O-])n1nc(-n2cccn2)ccc1=O. The molecule has 138 valence electrons. The lowest BCUT2D eigenvalue weighted by molar-refractivity contribution is -0.383. The number of carbonyl (C=O) groups excluding carboxylic acids is 1. The Bertz CT molecular complexity index is 1060. The lowest BCUT2D eigenvalue weighted by Gasteiger charge is -2.15. The first-order valence-electron chi connectivity index (χ1n) is 7.71. The summed E-state index contributed by atoms with van der Waals surface area (Å²) >= 11 is 5.85. The van der Waals surface area contributed by atoms with Crippen molar-refractivity contribution < 1.29 is 9.72 Å². The average molecular weight is 389 g/mol. The minimum Gasteiger partial charge on any atom is -0.318 e. The lowest BCUT2D eigenvalue weighted by atomic mass is 10.2. The second-order valence-electron chi connectivity index (χ2n) is 5.51. The van der Waals surface area contributed by atoms with Crippen LogP contribution in [0.2, 0.25) is 5.02 Å². The van der Waals surface area contributed by atoms with Crippen LogP contribution >= 0.6 is 11.6 Å². The Kier molecular flexibility index (Phi) is 4.99. The summed E-state index contributed by atoms with van der Waals surface area (Å²) in [4.78, 5) is 35.2. The fraction of sp³-hybridized carbons (Fsp3) is 0.125. The van der Waals surface area contributed by atoms with Crippen molar-refractivity contribution in [1.29, 1.82) is 0 Å². The van der Waals surface area contributed by atoms with Crippen LogP contribution in [0, 0.1) is 10.1 Å². The number of hydrogen-bond acceptors (Lipinski definition) is 6. The fourth-order valence-electron chi connectivity index (χ4n) is 2.33. The molecule has 0 aliphatic heterocycles. The normalized spacial score (nSPS) is 11.8. The molecule has 1 aromatic carbocycles. The van der Waals surface area contributed by atoms with Gasteiger partial charge in [0.25, 0.3) is 11.2 Å². The number of amides is 1. The molecular formula is C16H13ClN6O4. The quantitative estimate of drug-likeness (QED) is 0.527. The predicted octanol–water partition coefficient (Wildman–Crippen LogP) is 2.19. The summed E-state index contributed by atoms with van der Waals surface area (Å²) in [7, 11) is 0. The van der Waals surface area contributed by atoms with Crippen molar-refractivity contribution >= 4 is 28.9 Å². The number of halogens is 1. The van der Waals surface area contributed by atoms with E-state index in [1.54, 1.807) is 18.5 Å². The van der Waals surface area contributed by atoms with Gasteiger partial charge in [0.15, 0.2) is 5.82 Å². The van der Waals surface area contributed by atoms with Gasteiger partial charge in [-0.3, -0.25) is 19.7 Å². The Hall–Kier alpha value is -3.53. The molecule has 0 saturated heterocycles. The first-order valence-corrected chi connectivity index (χ1v) is 8.09. The highest BCUT2D eigenvalue weighted by molar-refractivity contribution is 6.31. The standard InChI is InChI=1S/C16H13ClN6O4/c1-10(16(25)19-12-9-11(17)3-4-13(12)23(26)27)22-15(24)6-5-14(20-22)21-8-2-7-18-21/h2-10H,1H3,(H,19,25). The Labute approximate surface area is 157 Å². The van der Waals surface area contributed by atoms with Crippen LogP contribution in [-0.4, -0.2) is 30.4 Å². The van der Waals surface area contributed by atoms with Gasteiger partial charge in [-0.15, -0.1) is 5.10 Å². The molecular weight excluding hydrogens is 376 g/mol. The van der Waals surface area contributed by atoms with Gasteiger partial charge in [-0.25, -0.2) is 9.36 Å². The smallest absolute Gasteiger partial charge is 0.292 e. The maximum Gasteiger partial charge on any atom is 0.292 e. The molecule has 3 aromatic rings. The molecule has 1 unspecified atom stereocenters. The molecule has 10 nitrogen and oxygen atoms in total. The number of nitrogens with one attached hydrogen (secondary N) is 1. The van der Waals surface area contributed by atoms with Crippen LogP contribution in [0.5, 0.6) is 0 Å². The number of rotatable bonds is 5. The van der Waals surface area contributed by atoms with E-state index in [1.165, 1.54) is 41.9 Å². The highest BCUT2D eigenvalue weighted by Gasteiger charge is 2.22. The fourth-order valence-corrected chi connectivity index (χ4v) is 2.51. The third-order valence-corrected chi connectivity index (χ3v) is 3.94. The van der Waals surface area contributed by atoms with Crippen LogP contribution in [0.4, 0.5) is 11.4 Å². The summed E-state index contributed by atoms with van der Waals surface area (Å²) in [6.07, 6.45) is 3.18. The maximum atomic E-state index is 12.6. The van der Waals surface area contributed by atoms with Gasteiger partial charge in [-0.05, 0) is 31.2 Å². The third-order valence-electron chi connectivity index (χ3n) is 3.71.